The molecule has 0 unspecified atom stereocenters. The lowest BCUT2D eigenvalue weighted by Crippen LogP contribution is -2.11. The smallest absolute Gasteiger partial charge is 0.145 e. The van der Waals surface area contributed by atoms with E-state index in [1.54, 1.807) is 0 Å². The van der Waals surface area contributed by atoms with Gasteiger partial charge in [0.1, 0.15) is 17.5 Å². The summed E-state index contributed by atoms with van der Waals surface area (Å²) in [4.78, 5) is 30.9. The van der Waals surface area contributed by atoms with Crippen molar-refractivity contribution in [3.05, 3.63) is 235 Å². The fourth-order valence-corrected chi connectivity index (χ4v) is 11.0. The molecule has 9 nitrogen and oxygen atoms in total. The predicted molar refractivity (Wildman–Crippen MR) is 338 cm³/mol. The molecule has 0 aliphatic rings. The number of imidazole rings is 3. The molecule has 0 amide bonds. The zero-order valence-electron chi connectivity index (χ0n) is 47.9. The van der Waals surface area contributed by atoms with Gasteiger partial charge in [0.25, 0.3) is 0 Å². The third-order valence-corrected chi connectivity index (χ3v) is 15.5. The van der Waals surface area contributed by atoms with Crippen LogP contribution in [0.4, 0.5) is 0 Å². The number of para-hydroxylation sites is 6. The highest BCUT2D eigenvalue weighted by Crippen LogP contribution is 2.40. The van der Waals surface area contributed by atoms with Crippen LogP contribution in [0.15, 0.2) is 219 Å². The Morgan fingerprint density at radius 3 is 0.793 bits per heavy atom. The van der Waals surface area contributed by atoms with Crippen LogP contribution in [-0.4, -0.2) is 52.0 Å². The van der Waals surface area contributed by atoms with Gasteiger partial charge in [-0.1, -0.05) is 135 Å². The van der Waals surface area contributed by atoms with Gasteiger partial charge in [-0.05, 0) is 160 Å². The van der Waals surface area contributed by atoms with Crippen LogP contribution in [-0.2, 0) is 16.2 Å². The van der Waals surface area contributed by atoms with Gasteiger partial charge in [0.05, 0.1) is 50.2 Å². The molecule has 0 spiro atoms. The van der Waals surface area contributed by atoms with Gasteiger partial charge in [-0.15, -0.1) is 0 Å². The lowest BCUT2D eigenvalue weighted by Gasteiger charge is -2.19. The first-order valence-electron chi connectivity index (χ1n) is 27.8. The van der Waals surface area contributed by atoms with E-state index in [-0.39, 0.29) is 24.7 Å². The van der Waals surface area contributed by atoms with Gasteiger partial charge in [-0.25, -0.2) is 15.0 Å². The van der Waals surface area contributed by atoms with Gasteiger partial charge in [-0.3, -0.25) is 28.7 Å². The van der Waals surface area contributed by atoms with E-state index in [1.807, 2.05) is 18.6 Å². The van der Waals surface area contributed by atoms with E-state index < -0.39 is 0 Å². The SMILES string of the molecule is CC(C)(C)c1ccnc(-c2ccc(-n3c(-c4cc(-c5nc6ccccc6n5-c5ccc(-c6cc(C(C)(C)C)ccn6)cc5)cc(-c5nc6ccccc6n5-c5ccc(-c6cc(C(C)(C)C)ccn6)cc5)c4)nc4ccccc43)cc2)c1.[B]. The Kier molecular flexibility index (Phi) is 13.3. The Balaban J connectivity index is 0.00000665. The molecule has 13 aromatic rings. The summed E-state index contributed by atoms with van der Waals surface area (Å²) in [6.07, 6.45) is 5.74. The standard InChI is InChI=1S/C72H63N9.B/c1-70(2,3)52-34-37-73-61(43-52)46-22-28-55(29-23-46)79-64-19-13-10-16-58(64)76-67(79)49-40-50(68-77-59-17-11-14-20-65(59)80(68)56-30-24-47(25-31-56)62-44-53(35-38-74-62)71(4,5)6)42-51(41-49)69-78-60-18-12-15-21-66(60)81(69)57-32-26-48(27-33-57)63-45-54(36-39-75-63)72(7,8)9;/h10-45H,1-9H3;. The Morgan fingerprint density at radius 1 is 0.280 bits per heavy atom. The van der Waals surface area contributed by atoms with E-state index in [2.05, 4.69) is 276 Å². The maximum Gasteiger partial charge on any atom is 0.145 e. The minimum atomic E-state index is -0.00759. The van der Waals surface area contributed by atoms with Crippen molar-refractivity contribution in [2.24, 2.45) is 0 Å². The molecular weight excluding hydrogens is 1000 g/mol. The first kappa shape index (κ1) is 53.1. The topological polar surface area (TPSA) is 92.1 Å². The maximum absolute atomic E-state index is 5.50. The van der Waals surface area contributed by atoms with Crippen LogP contribution >= 0.6 is 0 Å². The van der Waals surface area contributed by atoms with E-state index in [9.17, 15) is 0 Å². The monoisotopic (exact) mass is 1060 g/mol. The quantitative estimate of drug-likeness (QED) is 0.134. The Hall–Kier alpha value is -9.54. The van der Waals surface area contributed by atoms with Crippen molar-refractivity contribution in [1.29, 1.82) is 0 Å². The summed E-state index contributed by atoms with van der Waals surface area (Å²) < 4.78 is 6.82. The number of hydrogen-bond donors (Lipinski definition) is 0. The Bertz CT molecular complexity index is 4030. The van der Waals surface area contributed by atoms with Gasteiger partial charge in [0.2, 0.25) is 0 Å². The van der Waals surface area contributed by atoms with Crippen LogP contribution in [0.3, 0.4) is 0 Å². The molecule has 0 bridgehead atoms. The fraction of sp³-hybridized carbons (Fsp3) is 0.167. The molecule has 3 radical (unpaired) electrons. The molecule has 0 saturated heterocycles. The Labute approximate surface area is 481 Å². The van der Waals surface area contributed by atoms with Gasteiger partial charge in [0, 0.05) is 77.4 Å². The van der Waals surface area contributed by atoms with Crippen molar-refractivity contribution < 1.29 is 0 Å². The molecule has 0 aliphatic heterocycles. The van der Waals surface area contributed by atoms with Crippen LogP contribution in [0.25, 0.3) is 118 Å². The van der Waals surface area contributed by atoms with E-state index >= 15 is 0 Å². The summed E-state index contributed by atoms with van der Waals surface area (Å²) in [5.74, 6) is 2.36. The average molecular weight is 1070 g/mol. The first-order chi connectivity index (χ1) is 39.0. The third kappa shape index (κ3) is 9.89. The zero-order chi connectivity index (χ0) is 55.8. The molecule has 13 rings (SSSR count). The molecule has 82 heavy (non-hydrogen) atoms. The number of pyridine rings is 3. The molecule has 0 aliphatic carbocycles. The highest BCUT2D eigenvalue weighted by atomic mass is 15.1. The fourth-order valence-electron chi connectivity index (χ4n) is 11.0. The van der Waals surface area contributed by atoms with Crippen molar-refractivity contribution in [2.75, 3.05) is 0 Å². The summed E-state index contributed by atoms with van der Waals surface area (Å²) in [5, 5.41) is 0. The van der Waals surface area contributed by atoms with E-state index in [0.29, 0.717) is 0 Å². The molecular formula is C72H63BN9. The molecule has 0 atom stereocenters. The number of hydrogen-bond acceptors (Lipinski definition) is 6. The van der Waals surface area contributed by atoms with Crippen molar-refractivity contribution in [3.63, 3.8) is 0 Å². The second kappa shape index (κ2) is 20.5. The number of benzene rings is 7. The second-order valence-electron chi connectivity index (χ2n) is 24.3. The number of nitrogens with zero attached hydrogens (tertiary/aromatic N) is 9. The third-order valence-electron chi connectivity index (χ3n) is 15.5. The average Bonchev–Trinajstić information content (AvgIpc) is 3.78. The molecule has 7 aromatic carbocycles. The minimum absolute atomic E-state index is 0. The number of fused-ring (bicyclic) bond motifs is 3. The van der Waals surface area contributed by atoms with Gasteiger partial charge >= 0.3 is 0 Å². The van der Waals surface area contributed by atoms with Crippen LogP contribution < -0.4 is 0 Å². The molecule has 399 valence electrons. The molecule has 0 N–H and O–H groups in total. The first-order valence-corrected chi connectivity index (χ1v) is 27.8. The maximum atomic E-state index is 5.50. The lowest BCUT2D eigenvalue weighted by atomic mass is 9.87. The largest absolute Gasteiger partial charge is 0.292 e. The van der Waals surface area contributed by atoms with E-state index in [0.717, 1.165) is 118 Å². The second-order valence-corrected chi connectivity index (χ2v) is 24.3. The predicted octanol–water partition coefficient (Wildman–Crippen LogP) is 17.4. The van der Waals surface area contributed by atoms with Crippen molar-refractivity contribution in [3.8, 4) is 85.0 Å². The zero-order valence-corrected chi connectivity index (χ0v) is 47.9. The summed E-state index contributed by atoms with van der Waals surface area (Å²) >= 11 is 0. The van der Waals surface area contributed by atoms with Crippen LogP contribution in [0.5, 0.6) is 0 Å². The van der Waals surface area contributed by atoms with E-state index in [4.69, 9.17) is 29.9 Å². The van der Waals surface area contributed by atoms with Gasteiger partial charge in [-0.2, -0.15) is 0 Å². The van der Waals surface area contributed by atoms with Crippen molar-refractivity contribution in [2.45, 2.75) is 78.6 Å². The van der Waals surface area contributed by atoms with Crippen LogP contribution in [0.2, 0.25) is 0 Å². The normalized spacial score (nSPS) is 12.1. The summed E-state index contributed by atoms with van der Waals surface area (Å²) in [6, 6.07) is 70.9. The molecule has 10 heteroatoms. The van der Waals surface area contributed by atoms with Crippen molar-refractivity contribution >= 4 is 41.5 Å². The molecule has 0 fully saturated rings. The van der Waals surface area contributed by atoms with Crippen LogP contribution in [0.1, 0.15) is 79.0 Å². The highest BCUT2D eigenvalue weighted by molar-refractivity contribution is 5.90. The summed E-state index contributed by atoms with van der Waals surface area (Å²) in [6.45, 7) is 20.1. The molecule has 0 saturated carbocycles. The van der Waals surface area contributed by atoms with Gasteiger partial charge < -0.3 is 0 Å². The summed E-state index contributed by atoms with van der Waals surface area (Å²) in [7, 11) is 0. The van der Waals surface area contributed by atoms with E-state index in [1.165, 1.54) is 16.7 Å². The Morgan fingerprint density at radius 2 is 0.537 bits per heavy atom. The molecule has 6 heterocycles. The highest BCUT2D eigenvalue weighted by Gasteiger charge is 2.24. The minimum Gasteiger partial charge on any atom is -0.292 e. The summed E-state index contributed by atoms with van der Waals surface area (Å²) in [5.41, 5.74) is 20.9. The van der Waals surface area contributed by atoms with Crippen LogP contribution in [0, 0.1) is 0 Å². The molecule has 6 aromatic heterocycles. The number of aromatic nitrogens is 9. The lowest BCUT2D eigenvalue weighted by molar-refractivity contribution is 0.589. The van der Waals surface area contributed by atoms with Crippen molar-refractivity contribution in [1.82, 2.24) is 43.6 Å². The number of rotatable bonds is 9. The van der Waals surface area contributed by atoms with Gasteiger partial charge in [0.15, 0.2) is 0 Å².